The van der Waals surface area contributed by atoms with Crippen LogP contribution in [0.15, 0.2) is 17.3 Å². The summed E-state index contributed by atoms with van der Waals surface area (Å²) in [7, 11) is -1.63. The standard InChI is InChI=1S/C13H23N5O2S/c1-3-16-4-6-17(7-5-16)12-9-18(10-12)21(19,20)13-8-14-15(2)11-13/h8,11-12H,3-7,9-10H2,1-2H3. The van der Waals surface area contributed by atoms with E-state index in [1.807, 2.05) is 0 Å². The molecule has 118 valence electrons. The van der Waals surface area contributed by atoms with E-state index in [4.69, 9.17) is 0 Å². The second-order valence-electron chi connectivity index (χ2n) is 5.80. The maximum absolute atomic E-state index is 12.4. The molecule has 8 heteroatoms. The van der Waals surface area contributed by atoms with Crippen molar-refractivity contribution in [3.8, 4) is 0 Å². The normalized spacial score (nSPS) is 23.3. The Morgan fingerprint density at radius 3 is 2.43 bits per heavy atom. The third kappa shape index (κ3) is 2.85. The van der Waals surface area contributed by atoms with Gasteiger partial charge in [-0.15, -0.1) is 0 Å². The molecule has 1 aromatic rings. The van der Waals surface area contributed by atoms with Gasteiger partial charge in [0.05, 0.1) is 6.20 Å². The van der Waals surface area contributed by atoms with Gasteiger partial charge in [-0.3, -0.25) is 9.58 Å². The van der Waals surface area contributed by atoms with Crippen molar-refractivity contribution in [1.82, 2.24) is 23.9 Å². The van der Waals surface area contributed by atoms with E-state index in [0.717, 1.165) is 32.7 Å². The second-order valence-corrected chi connectivity index (χ2v) is 7.73. The topological polar surface area (TPSA) is 61.7 Å². The largest absolute Gasteiger partial charge is 0.301 e. The van der Waals surface area contributed by atoms with Crippen LogP contribution in [0.4, 0.5) is 0 Å². The number of piperazine rings is 1. The molecule has 2 aliphatic heterocycles. The van der Waals surface area contributed by atoms with Crippen LogP contribution in [-0.4, -0.2) is 84.2 Å². The van der Waals surface area contributed by atoms with Crippen molar-refractivity contribution in [3.05, 3.63) is 12.4 Å². The smallest absolute Gasteiger partial charge is 0.246 e. The lowest BCUT2D eigenvalue weighted by Gasteiger charge is -2.47. The highest BCUT2D eigenvalue weighted by Gasteiger charge is 2.40. The van der Waals surface area contributed by atoms with Crippen molar-refractivity contribution < 1.29 is 8.42 Å². The summed E-state index contributed by atoms with van der Waals surface area (Å²) < 4.78 is 27.9. The molecule has 0 atom stereocenters. The van der Waals surface area contributed by atoms with Gasteiger partial charge in [0.25, 0.3) is 0 Å². The number of likely N-dealkylation sites (N-methyl/N-ethyl adjacent to an activating group) is 1. The van der Waals surface area contributed by atoms with Gasteiger partial charge in [0, 0.05) is 58.6 Å². The molecule has 0 saturated carbocycles. The number of sulfonamides is 1. The molecule has 0 bridgehead atoms. The number of hydrogen-bond donors (Lipinski definition) is 0. The Morgan fingerprint density at radius 1 is 1.24 bits per heavy atom. The van der Waals surface area contributed by atoms with Gasteiger partial charge in [-0.2, -0.15) is 9.40 Å². The summed E-state index contributed by atoms with van der Waals surface area (Å²) in [4.78, 5) is 5.14. The first-order valence-corrected chi connectivity index (χ1v) is 8.90. The quantitative estimate of drug-likeness (QED) is 0.745. The van der Waals surface area contributed by atoms with E-state index in [1.54, 1.807) is 17.5 Å². The van der Waals surface area contributed by atoms with Crippen LogP contribution in [0.2, 0.25) is 0 Å². The molecule has 21 heavy (non-hydrogen) atoms. The Kier molecular flexibility index (Phi) is 4.04. The molecule has 7 nitrogen and oxygen atoms in total. The number of hydrogen-bond acceptors (Lipinski definition) is 5. The van der Waals surface area contributed by atoms with Gasteiger partial charge >= 0.3 is 0 Å². The van der Waals surface area contributed by atoms with E-state index in [0.29, 0.717) is 24.0 Å². The van der Waals surface area contributed by atoms with E-state index < -0.39 is 10.0 Å². The number of rotatable bonds is 4. The minimum atomic E-state index is -3.36. The van der Waals surface area contributed by atoms with Crippen LogP contribution in [0, 0.1) is 0 Å². The fraction of sp³-hybridized carbons (Fsp3) is 0.769. The first kappa shape index (κ1) is 15.0. The third-order valence-electron chi connectivity index (χ3n) is 4.52. The lowest BCUT2D eigenvalue weighted by atomic mass is 10.1. The summed E-state index contributed by atoms with van der Waals surface area (Å²) in [6.45, 7) is 8.73. The van der Waals surface area contributed by atoms with Crippen LogP contribution in [-0.2, 0) is 17.1 Å². The van der Waals surface area contributed by atoms with Crippen LogP contribution in [0.25, 0.3) is 0 Å². The van der Waals surface area contributed by atoms with E-state index in [1.165, 1.54) is 10.9 Å². The zero-order chi connectivity index (χ0) is 15.0. The van der Waals surface area contributed by atoms with Crippen LogP contribution < -0.4 is 0 Å². The van der Waals surface area contributed by atoms with Gasteiger partial charge in [0.1, 0.15) is 4.90 Å². The summed E-state index contributed by atoms with van der Waals surface area (Å²) in [5.74, 6) is 0. The maximum Gasteiger partial charge on any atom is 0.246 e. The Bertz CT molecular complexity index is 585. The molecule has 2 fully saturated rings. The molecule has 0 unspecified atom stereocenters. The number of nitrogens with zero attached hydrogens (tertiary/aromatic N) is 5. The monoisotopic (exact) mass is 313 g/mol. The SMILES string of the molecule is CCN1CCN(C2CN(S(=O)(=O)c3cnn(C)c3)C2)CC1. The fourth-order valence-corrected chi connectivity index (χ4v) is 4.47. The number of aromatic nitrogens is 2. The van der Waals surface area contributed by atoms with Gasteiger partial charge in [0.15, 0.2) is 0 Å². The first-order valence-electron chi connectivity index (χ1n) is 7.46. The van der Waals surface area contributed by atoms with Crippen molar-refractivity contribution in [1.29, 1.82) is 0 Å². The number of aryl methyl sites for hydroxylation is 1. The van der Waals surface area contributed by atoms with Gasteiger partial charge in [-0.05, 0) is 6.54 Å². The Balaban J connectivity index is 1.56. The molecule has 0 N–H and O–H groups in total. The first-order chi connectivity index (χ1) is 10.0. The average molecular weight is 313 g/mol. The predicted octanol–water partition coefficient (Wildman–Crippen LogP) is -0.569. The van der Waals surface area contributed by atoms with Crippen LogP contribution in [0.3, 0.4) is 0 Å². The van der Waals surface area contributed by atoms with Crippen LogP contribution in [0.1, 0.15) is 6.92 Å². The molecule has 1 aromatic heterocycles. The Morgan fingerprint density at radius 2 is 1.90 bits per heavy atom. The molecule has 0 radical (unpaired) electrons. The van der Waals surface area contributed by atoms with Crippen LogP contribution >= 0.6 is 0 Å². The molecule has 3 rings (SSSR count). The van der Waals surface area contributed by atoms with E-state index >= 15 is 0 Å². The summed E-state index contributed by atoms with van der Waals surface area (Å²) in [5, 5.41) is 3.95. The van der Waals surface area contributed by atoms with Crippen LogP contribution in [0.5, 0.6) is 0 Å². The van der Waals surface area contributed by atoms with Crippen molar-refractivity contribution in [2.75, 3.05) is 45.8 Å². The van der Waals surface area contributed by atoms with Gasteiger partial charge in [-0.25, -0.2) is 8.42 Å². The molecular weight excluding hydrogens is 290 g/mol. The van der Waals surface area contributed by atoms with Crippen molar-refractivity contribution >= 4 is 10.0 Å². The molecule has 0 aromatic carbocycles. The highest BCUT2D eigenvalue weighted by molar-refractivity contribution is 7.89. The Labute approximate surface area is 126 Å². The zero-order valence-electron chi connectivity index (χ0n) is 12.6. The highest BCUT2D eigenvalue weighted by atomic mass is 32.2. The predicted molar refractivity (Wildman–Crippen MR) is 79.4 cm³/mol. The van der Waals surface area contributed by atoms with Gasteiger partial charge < -0.3 is 4.90 Å². The lowest BCUT2D eigenvalue weighted by molar-refractivity contribution is 0.0425. The minimum absolute atomic E-state index is 0.291. The molecule has 2 aliphatic rings. The highest BCUT2D eigenvalue weighted by Crippen LogP contribution is 2.24. The summed E-state index contributed by atoms with van der Waals surface area (Å²) in [5.41, 5.74) is 0. The zero-order valence-corrected chi connectivity index (χ0v) is 13.5. The Hall–Kier alpha value is -0.960. The third-order valence-corrected chi connectivity index (χ3v) is 6.30. The molecule has 0 amide bonds. The fourth-order valence-electron chi connectivity index (χ4n) is 2.97. The molecule has 0 spiro atoms. The summed E-state index contributed by atoms with van der Waals surface area (Å²) >= 11 is 0. The van der Waals surface area contributed by atoms with Crippen molar-refractivity contribution in [2.45, 2.75) is 17.9 Å². The van der Waals surface area contributed by atoms with E-state index in [-0.39, 0.29) is 0 Å². The van der Waals surface area contributed by atoms with Crippen molar-refractivity contribution in [3.63, 3.8) is 0 Å². The molecular formula is C13H23N5O2S. The van der Waals surface area contributed by atoms with E-state index in [9.17, 15) is 8.42 Å². The molecule has 3 heterocycles. The van der Waals surface area contributed by atoms with Gasteiger partial charge in [-0.1, -0.05) is 6.92 Å². The molecule has 0 aliphatic carbocycles. The second kappa shape index (κ2) is 5.68. The summed E-state index contributed by atoms with van der Waals surface area (Å²) in [6, 6.07) is 0.371. The van der Waals surface area contributed by atoms with Gasteiger partial charge in [0.2, 0.25) is 10.0 Å². The lowest BCUT2D eigenvalue weighted by Crippen LogP contribution is -2.64. The minimum Gasteiger partial charge on any atom is -0.301 e. The summed E-state index contributed by atoms with van der Waals surface area (Å²) in [6.07, 6.45) is 2.98. The molecule has 2 saturated heterocycles. The maximum atomic E-state index is 12.4. The van der Waals surface area contributed by atoms with E-state index in [2.05, 4.69) is 21.8 Å². The average Bonchev–Trinajstić information content (AvgIpc) is 2.85. The van der Waals surface area contributed by atoms with Crippen molar-refractivity contribution in [2.24, 2.45) is 7.05 Å².